The van der Waals surface area contributed by atoms with Crippen molar-refractivity contribution >= 4 is 10.9 Å². The van der Waals surface area contributed by atoms with Gasteiger partial charge in [-0.05, 0) is 24.5 Å². The Bertz CT molecular complexity index is 448. The molecule has 0 radical (unpaired) electrons. The van der Waals surface area contributed by atoms with Crippen LogP contribution in [0.4, 0.5) is 0 Å². The topological polar surface area (TPSA) is 51.8 Å². The summed E-state index contributed by atoms with van der Waals surface area (Å²) in [6.07, 6.45) is 3.67. The van der Waals surface area contributed by atoms with Gasteiger partial charge >= 0.3 is 0 Å². The summed E-state index contributed by atoms with van der Waals surface area (Å²) in [5.74, 6) is 0. The molecular formula is C12H15N3. The summed E-state index contributed by atoms with van der Waals surface area (Å²) < 4.78 is 0. The second kappa shape index (κ2) is 4.36. The van der Waals surface area contributed by atoms with Crippen LogP contribution in [0, 0.1) is 0 Å². The van der Waals surface area contributed by atoms with Crippen molar-refractivity contribution in [1.29, 1.82) is 0 Å². The number of fused-ring (bicyclic) bond motifs is 1. The lowest BCUT2D eigenvalue weighted by Crippen LogP contribution is -2.21. The van der Waals surface area contributed by atoms with Gasteiger partial charge < -0.3 is 5.73 Å². The Labute approximate surface area is 89.3 Å². The van der Waals surface area contributed by atoms with Crippen LogP contribution in [0.3, 0.4) is 0 Å². The molecule has 1 atom stereocenters. The van der Waals surface area contributed by atoms with E-state index in [9.17, 15) is 0 Å². The van der Waals surface area contributed by atoms with Crippen molar-refractivity contribution in [3.8, 4) is 0 Å². The molecule has 0 bridgehead atoms. The molecule has 78 valence electrons. The minimum atomic E-state index is 0.206. The van der Waals surface area contributed by atoms with Gasteiger partial charge in [-0.3, -0.25) is 0 Å². The first-order valence-electron chi connectivity index (χ1n) is 5.26. The summed E-state index contributed by atoms with van der Waals surface area (Å²) in [5, 5.41) is 9.24. The fourth-order valence-corrected chi connectivity index (χ4v) is 1.65. The fourth-order valence-electron chi connectivity index (χ4n) is 1.65. The first-order valence-corrected chi connectivity index (χ1v) is 5.26. The molecule has 1 unspecified atom stereocenters. The Morgan fingerprint density at radius 2 is 2.13 bits per heavy atom. The number of aromatic nitrogens is 2. The van der Waals surface area contributed by atoms with Crippen LogP contribution in [0.5, 0.6) is 0 Å². The Balaban J connectivity index is 2.42. The predicted octanol–water partition coefficient (Wildman–Crippen LogP) is 1.91. The van der Waals surface area contributed by atoms with Gasteiger partial charge in [-0.1, -0.05) is 25.1 Å². The zero-order valence-corrected chi connectivity index (χ0v) is 8.85. The Morgan fingerprint density at radius 1 is 1.33 bits per heavy atom. The van der Waals surface area contributed by atoms with Gasteiger partial charge in [0.15, 0.2) is 0 Å². The standard InChI is InChI=1S/C12H15N3/c1-2-10(13)7-9-8-14-15-12-6-4-3-5-11(9)12/h3-6,8,10H,2,7,13H2,1H3. The van der Waals surface area contributed by atoms with Crippen LogP contribution in [0.2, 0.25) is 0 Å². The molecule has 0 fully saturated rings. The van der Waals surface area contributed by atoms with Gasteiger partial charge in [0.1, 0.15) is 0 Å². The summed E-state index contributed by atoms with van der Waals surface area (Å²) in [5.41, 5.74) is 8.08. The smallest absolute Gasteiger partial charge is 0.0932 e. The van der Waals surface area contributed by atoms with Crippen molar-refractivity contribution in [2.75, 3.05) is 0 Å². The highest BCUT2D eigenvalue weighted by Crippen LogP contribution is 2.16. The predicted molar refractivity (Wildman–Crippen MR) is 61.5 cm³/mol. The van der Waals surface area contributed by atoms with Crippen LogP contribution < -0.4 is 5.73 Å². The molecule has 1 heterocycles. The molecule has 0 aliphatic carbocycles. The third kappa shape index (κ3) is 2.13. The average molecular weight is 201 g/mol. The van der Waals surface area contributed by atoms with Crippen LogP contribution in [0.15, 0.2) is 30.5 Å². The molecule has 0 amide bonds. The third-order valence-electron chi connectivity index (χ3n) is 2.64. The maximum absolute atomic E-state index is 5.95. The van der Waals surface area contributed by atoms with Crippen LogP contribution in [-0.4, -0.2) is 16.2 Å². The minimum Gasteiger partial charge on any atom is -0.327 e. The van der Waals surface area contributed by atoms with E-state index in [-0.39, 0.29) is 6.04 Å². The number of hydrogen-bond acceptors (Lipinski definition) is 3. The van der Waals surface area contributed by atoms with Gasteiger partial charge in [-0.25, -0.2) is 0 Å². The number of nitrogens with two attached hydrogens (primary N) is 1. The van der Waals surface area contributed by atoms with E-state index in [4.69, 9.17) is 5.73 Å². The van der Waals surface area contributed by atoms with E-state index in [1.165, 1.54) is 5.56 Å². The van der Waals surface area contributed by atoms with Crippen molar-refractivity contribution in [3.63, 3.8) is 0 Å². The van der Waals surface area contributed by atoms with Crippen molar-refractivity contribution in [3.05, 3.63) is 36.0 Å². The van der Waals surface area contributed by atoms with Crippen molar-refractivity contribution in [1.82, 2.24) is 10.2 Å². The summed E-state index contributed by atoms with van der Waals surface area (Å²) in [6, 6.07) is 8.24. The highest BCUT2D eigenvalue weighted by atomic mass is 15.1. The molecule has 0 saturated heterocycles. The van der Waals surface area contributed by atoms with E-state index in [1.54, 1.807) is 0 Å². The summed E-state index contributed by atoms with van der Waals surface area (Å²) in [7, 11) is 0. The second-order valence-electron chi connectivity index (χ2n) is 3.76. The van der Waals surface area contributed by atoms with Crippen LogP contribution in [0.25, 0.3) is 10.9 Å². The Morgan fingerprint density at radius 3 is 2.93 bits per heavy atom. The van der Waals surface area contributed by atoms with Gasteiger partial charge in [0, 0.05) is 11.4 Å². The van der Waals surface area contributed by atoms with E-state index < -0.39 is 0 Å². The molecule has 0 saturated carbocycles. The van der Waals surface area contributed by atoms with Gasteiger partial charge in [0.25, 0.3) is 0 Å². The lowest BCUT2D eigenvalue weighted by molar-refractivity contribution is 0.646. The summed E-state index contributed by atoms with van der Waals surface area (Å²) >= 11 is 0. The van der Waals surface area contributed by atoms with E-state index in [0.29, 0.717) is 0 Å². The van der Waals surface area contributed by atoms with Crippen molar-refractivity contribution in [2.24, 2.45) is 5.73 Å². The first kappa shape index (κ1) is 10.1. The number of rotatable bonds is 3. The summed E-state index contributed by atoms with van der Waals surface area (Å²) in [4.78, 5) is 0. The molecule has 2 aromatic rings. The molecule has 1 aromatic carbocycles. The van der Waals surface area contributed by atoms with Crippen LogP contribution in [-0.2, 0) is 6.42 Å². The zero-order chi connectivity index (χ0) is 10.7. The molecule has 3 heteroatoms. The van der Waals surface area contributed by atoms with E-state index in [2.05, 4.69) is 23.2 Å². The minimum absolute atomic E-state index is 0.206. The lowest BCUT2D eigenvalue weighted by Gasteiger charge is -2.09. The molecular weight excluding hydrogens is 186 g/mol. The molecule has 15 heavy (non-hydrogen) atoms. The van der Waals surface area contributed by atoms with Crippen LogP contribution >= 0.6 is 0 Å². The SMILES string of the molecule is CCC(N)Cc1cnnc2ccccc12. The highest BCUT2D eigenvalue weighted by molar-refractivity contribution is 5.81. The molecule has 0 spiro atoms. The zero-order valence-electron chi connectivity index (χ0n) is 8.85. The Hall–Kier alpha value is -1.48. The largest absolute Gasteiger partial charge is 0.327 e. The van der Waals surface area contributed by atoms with Gasteiger partial charge in [-0.2, -0.15) is 10.2 Å². The van der Waals surface area contributed by atoms with Gasteiger partial charge in [-0.15, -0.1) is 0 Å². The first-order chi connectivity index (χ1) is 7.31. The molecule has 1 aromatic heterocycles. The summed E-state index contributed by atoms with van der Waals surface area (Å²) in [6.45, 7) is 2.10. The van der Waals surface area contributed by atoms with E-state index in [0.717, 1.165) is 23.7 Å². The number of benzene rings is 1. The van der Waals surface area contributed by atoms with Gasteiger partial charge in [0.2, 0.25) is 0 Å². The van der Waals surface area contributed by atoms with Gasteiger partial charge in [0.05, 0.1) is 11.7 Å². The quantitative estimate of drug-likeness (QED) is 0.825. The van der Waals surface area contributed by atoms with Crippen molar-refractivity contribution < 1.29 is 0 Å². The molecule has 2 rings (SSSR count). The second-order valence-corrected chi connectivity index (χ2v) is 3.76. The van der Waals surface area contributed by atoms with Crippen LogP contribution in [0.1, 0.15) is 18.9 Å². The fraction of sp³-hybridized carbons (Fsp3) is 0.333. The van der Waals surface area contributed by atoms with E-state index in [1.807, 2.05) is 24.4 Å². The molecule has 3 nitrogen and oxygen atoms in total. The average Bonchev–Trinajstić information content (AvgIpc) is 2.29. The maximum Gasteiger partial charge on any atom is 0.0932 e. The Kier molecular flexibility index (Phi) is 2.92. The van der Waals surface area contributed by atoms with E-state index >= 15 is 0 Å². The number of nitrogens with zero attached hydrogens (tertiary/aromatic N) is 2. The molecule has 2 N–H and O–H groups in total. The highest BCUT2D eigenvalue weighted by Gasteiger charge is 2.06. The third-order valence-corrected chi connectivity index (χ3v) is 2.64. The monoisotopic (exact) mass is 201 g/mol. The molecule has 0 aliphatic rings. The maximum atomic E-state index is 5.95. The lowest BCUT2D eigenvalue weighted by atomic mass is 10.0. The normalized spacial score (nSPS) is 12.9. The molecule has 0 aliphatic heterocycles. The van der Waals surface area contributed by atoms with Crippen molar-refractivity contribution in [2.45, 2.75) is 25.8 Å². The number of hydrogen-bond donors (Lipinski definition) is 1.